The molecule has 5 unspecified atom stereocenters. The quantitative estimate of drug-likeness (QED) is 0.540. The van der Waals surface area contributed by atoms with Gasteiger partial charge in [-0.3, -0.25) is 9.59 Å². The molecule has 2 aliphatic carbocycles. The minimum atomic E-state index is -0.554. The molecule has 1 saturated heterocycles. The second kappa shape index (κ2) is 4.82. The Labute approximate surface area is 134 Å². The van der Waals surface area contributed by atoms with Gasteiger partial charge in [0.15, 0.2) is 0 Å². The van der Waals surface area contributed by atoms with E-state index >= 15 is 0 Å². The minimum absolute atomic E-state index is 0.0366. The lowest BCUT2D eigenvalue weighted by molar-refractivity contribution is -0.233. The Morgan fingerprint density at radius 2 is 1.77 bits per heavy atom. The minimum Gasteiger partial charge on any atom is -0.458 e. The van der Waals surface area contributed by atoms with E-state index in [2.05, 4.69) is 27.7 Å². The van der Waals surface area contributed by atoms with Crippen LogP contribution in [-0.2, 0) is 14.3 Å². The number of Topliss-reactive ketones (excluding diaryl/α,β-unsaturated/α-hetero) is 1. The molecule has 1 aliphatic heterocycles. The van der Waals surface area contributed by atoms with E-state index in [9.17, 15) is 9.59 Å². The topological polar surface area (TPSA) is 43.4 Å². The molecular weight excluding hydrogens is 276 g/mol. The van der Waals surface area contributed by atoms with Gasteiger partial charge in [0.05, 0.1) is 0 Å². The number of fused-ring (bicyclic) bond motifs is 3. The summed E-state index contributed by atoms with van der Waals surface area (Å²) in [6.45, 7) is 10.7. The molecule has 3 aliphatic rings. The van der Waals surface area contributed by atoms with Crippen molar-refractivity contribution in [2.24, 2.45) is 28.6 Å². The monoisotopic (exact) mass is 306 g/mol. The van der Waals surface area contributed by atoms with Gasteiger partial charge in [-0.15, -0.1) is 0 Å². The van der Waals surface area contributed by atoms with Gasteiger partial charge in [-0.25, -0.2) is 0 Å². The fraction of sp³-hybridized carbons (Fsp3) is 0.895. The highest BCUT2D eigenvalue weighted by atomic mass is 16.6. The van der Waals surface area contributed by atoms with Crippen molar-refractivity contribution in [3.8, 4) is 0 Å². The van der Waals surface area contributed by atoms with Gasteiger partial charge >= 0.3 is 5.97 Å². The highest BCUT2D eigenvalue weighted by Crippen LogP contribution is 2.64. The fourth-order valence-corrected chi connectivity index (χ4v) is 5.82. The van der Waals surface area contributed by atoms with Crippen molar-refractivity contribution >= 4 is 11.8 Å². The van der Waals surface area contributed by atoms with Gasteiger partial charge in [0.1, 0.15) is 17.3 Å². The maximum absolute atomic E-state index is 12.3. The SMILES string of the molecule is CC(=O)C1CC2(C)C3CCCC(C)(C)C3CCC2(C)OC1=O. The van der Waals surface area contributed by atoms with E-state index in [0.717, 1.165) is 12.8 Å². The van der Waals surface area contributed by atoms with Gasteiger partial charge in [-0.05, 0) is 63.2 Å². The maximum atomic E-state index is 12.3. The second-order valence-corrected chi connectivity index (χ2v) is 9.07. The predicted octanol–water partition coefficient (Wildman–Crippen LogP) is 4.14. The molecule has 124 valence electrons. The molecule has 1 heterocycles. The number of ether oxygens (including phenoxy) is 1. The molecule has 3 heteroatoms. The molecule has 0 spiro atoms. The van der Waals surface area contributed by atoms with E-state index in [1.54, 1.807) is 0 Å². The van der Waals surface area contributed by atoms with Crippen LogP contribution in [0, 0.1) is 28.6 Å². The molecule has 22 heavy (non-hydrogen) atoms. The van der Waals surface area contributed by atoms with Crippen molar-refractivity contribution in [3.63, 3.8) is 0 Å². The van der Waals surface area contributed by atoms with Crippen LogP contribution in [-0.4, -0.2) is 17.4 Å². The summed E-state index contributed by atoms with van der Waals surface area (Å²) in [6, 6.07) is 0. The summed E-state index contributed by atoms with van der Waals surface area (Å²) in [5, 5.41) is 0. The Hall–Kier alpha value is -0.860. The van der Waals surface area contributed by atoms with Gasteiger partial charge < -0.3 is 4.74 Å². The summed E-state index contributed by atoms with van der Waals surface area (Å²) in [7, 11) is 0. The summed E-state index contributed by atoms with van der Waals surface area (Å²) in [6.07, 6.45) is 6.50. The summed E-state index contributed by atoms with van der Waals surface area (Å²) >= 11 is 0. The van der Waals surface area contributed by atoms with Crippen LogP contribution in [0.15, 0.2) is 0 Å². The Kier molecular flexibility index (Phi) is 3.51. The van der Waals surface area contributed by atoms with Gasteiger partial charge in [-0.1, -0.05) is 27.2 Å². The smallest absolute Gasteiger partial charge is 0.317 e. The zero-order chi connectivity index (χ0) is 16.3. The van der Waals surface area contributed by atoms with Crippen LogP contribution < -0.4 is 0 Å². The fourth-order valence-electron chi connectivity index (χ4n) is 5.82. The van der Waals surface area contributed by atoms with Crippen LogP contribution in [0.5, 0.6) is 0 Å². The van der Waals surface area contributed by atoms with Crippen LogP contribution in [0.3, 0.4) is 0 Å². The van der Waals surface area contributed by atoms with E-state index in [4.69, 9.17) is 4.74 Å². The third kappa shape index (κ3) is 2.07. The lowest BCUT2D eigenvalue weighted by Gasteiger charge is -2.63. The molecule has 0 aromatic carbocycles. The number of esters is 1. The Morgan fingerprint density at radius 3 is 2.41 bits per heavy atom. The van der Waals surface area contributed by atoms with Crippen molar-refractivity contribution in [2.45, 2.75) is 78.7 Å². The van der Waals surface area contributed by atoms with Crippen LogP contribution in [0.4, 0.5) is 0 Å². The molecule has 0 aromatic rings. The molecule has 2 saturated carbocycles. The summed E-state index contributed by atoms with van der Waals surface area (Å²) < 4.78 is 5.91. The van der Waals surface area contributed by atoms with Gasteiger partial charge in [-0.2, -0.15) is 0 Å². The summed E-state index contributed by atoms with van der Waals surface area (Å²) in [5.74, 6) is 0.363. The highest BCUT2D eigenvalue weighted by molar-refractivity contribution is 5.98. The van der Waals surface area contributed by atoms with Crippen LogP contribution >= 0.6 is 0 Å². The van der Waals surface area contributed by atoms with E-state index in [1.165, 1.54) is 26.2 Å². The predicted molar refractivity (Wildman–Crippen MR) is 85.2 cm³/mol. The normalized spacial score (nSPS) is 47.1. The molecule has 3 nitrogen and oxygen atoms in total. The van der Waals surface area contributed by atoms with E-state index in [-0.39, 0.29) is 17.2 Å². The average Bonchev–Trinajstić information content (AvgIpc) is 2.39. The van der Waals surface area contributed by atoms with E-state index in [0.29, 0.717) is 23.7 Å². The standard InChI is InChI=1S/C19H30O3/c1-12(20)13-11-18(4)15-7-6-9-17(2,3)14(15)8-10-19(18,5)22-16(13)21/h13-15H,6-11H2,1-5H3. The first-order valence-electron chi connectivity index (χ1n) is 8.84. The average molecular weight is 306 g/mol. The van der Waals surface area contributed by atoms with Crippen molar-refractivity contribution in [1.29, 1.82) is 0 Å². The third-order valence-electron chi connectivity index (χ3n) is 7.51. The second-order valence-electron chi connectivity index (χ2n) is 9.07. The Bertz CT molecular complexity index is 509. The lowest BCUT2D eigenvalue weighted by atomic mass is 9.45. The number of hydrogen-bond donors (Lipinski definition) is 0. The van der Waals surface area contributed by atoms with Crippen LogP contribution in [0.1, 0.15) is 73.1 Å². The van der Waals surface area contributed by atoms with Crippen molar-refractivity contribution < 1.29 is 14.3 Å². The Morgan fingerprint density at radius 1 is 1.09 bits per heavy atom. The molecule has 0 radical (unpaired) electrons. The van der Waals surface area contributed by atoms with Crippen LogP contribution in [0.25, 0.3) is 0 Å². The number of rotatable bonds is 1. The number of carbonyl (C=O) groups is 2. The molecule has 0 N–H and O–H groups in total. The van der Waals surface area contributed by atoms with Crippen LogP contribution in [0.2, 0.25) is 0 Å². The van der Waals surface area contributed by atoms with Gasteiger partial charge in [0.2, 0.25) is 0 Å². The summed E-state index contributed by atoms with van der Waals surface area (Å²) in [4.78, 5) is 24.2. The maximum Gasteiger partial charge on any atom is 0.317 e. The van der Waals surface area contributed by atoms with E-state index < -0.39 is 11.5 Å². The van der Waals surface area contributed by atoms with Crippen molar-refractivity contribution in [2.75, 3.05) is 0 Å². The first-order valence-corrected chi connectivity index (χ1v) is 8.84. The van der Waals surface area contributed by atoms with Crippen molar-refractivity contribution in [1.82, 2.24) is 0 Å². The molecule has 3 rings (SSSR count). The molecular formula is C19H30O3. The lowest BCUT2D eigenvalue weighted by Crippen LogP contribution is -2.64. The Balaban J connectivity index is 2.00. The zero-order valence-electron chi connectivity index (χ0n) is 14.7. The molecule has 0 aromatic heterocycles. The largest absolute Gasteiger partial charge is 0.458 e. The van der Waals surface area contributed by atoms with Gasteiger partial charge in [0, 0.05) is 5.41 Å². The molecule has 3 fully saturated rings. The van der Waals surface area contributed by atoms with E-state index in [1.807, 2.05) is 0 Å². The van der Waals surface area contributed by atoms with Gasteiger partial charge in [0.25, 0.3) is 0 Å². The number of carbonyl (C=O) groups excluding carboxylic acids is 2. The molecule has 5 atom stereocenters. The molecule has 0 amide bonds. The number of hydrogen-bond acceptors (Lipinski definition) is 3. The number of ketones is 1. The van der Waals surface area contributed by atoms with Crippen molar-refractivity contribution in [3.05, 3.63) is 0 Å². The first kappa shape index (κ1) is 16.0. The summed E-state index contributed by atoms with van der Waals surface area (Å²) in [5.41, 5.74) is -0.108. The highest BCUT2D eigenvalue weighted by Gasteiger charge is 2.63. The molecule has 0 bridgehead atoms. The third-order valence-corrected chi connectivity index (χ3v) is 7.51. The zero-order valence-corrected chi connectivity index (χ0v) is 14.7. The first-order chi connectivity index (χ1) is 10.1.